The Bertz CT molecular complexity index is 461. The Morgan fingerprint density at radius 3 is 1.36 bits per heavy atom. The van der Waals surface area contributed by atoms with Crippen LogP contribution in [0.3, 0.4) is 0 Å². The zero-order valence-corrected chi connectivity index (χ0v) is 12.5. The molecule has 22 heavy (non-hydrogen) atoms. The molecule has 0 fully saturated rings. The normalized spacial score (nSPS) is 16.6. The summed E-state index contributed by atoms with van der Waals surface area (Å²) in [5, 5.41) is 20.2. The molecule has 0 amide bonds. The van der Waals surface area contributed by atoms with E-state index in [2.05, 4.69) is 9.47 Å². The van der Waals surface area contributed by atoms with Gasteiger partial charge in [-0.05, 0) is 0 Å². The van der Waals surface area contributed by atoms with Crippen LogP contribution in [0.25, 0.3) is 0 Å². The fourth-order valence-corrected chi connectivity index (χ4v) is 1.16. The number of rotatable bonds is 2. The first-order chi connectivity index (χ1) is 9.47. The van der Waals surface area contributed by atoms with Gasteiger partial charge in [-0.3, -0.25) is 19.2 Å². The maximum Gasteiger partial charge on any atom is 4.00 e. The summed E-state index contributed by atoms with van der Waals surface area (Å²) in [5.41, 5.74) is 0. The van der Waals surface area contributed by atoms with Crippen molar-refractivity contribution in [1.29, 1.82) is 0 Å². The van der Waals surface area contributed by atoms with Gasteiger partial charge in [-0.15, -0.1) is 0 Å². The van der Waals surface area contributed by atoms with Crippen LogP contribution in [0.4, 0.5) is 0 Å². The van der Waals surface area contributed by atoms with Crippen molar-refractivity contribution >= 4 is 23.1 Å². The summed E-state index contributed by atoms with van der Waals surface area (Å²) in [5.74, 6) is -2.39. The second-order valence-electron chi connectivity index (χ2n) is 3.66. The SMILES string of the molecule is O=C1C=C(C[O-])OCC1=O.O=C1C=C(C[O-])OCC1=O.[O-2].[V+4]. The first kappa shape index (κ1) is 22.5. The van der Waals surface area contributed by atoms with E-state index in [1.165, 1.54) is 0 Å². The Labute approximate surface area is 136 Å². The Kier molecular flexibility index (Phi) is 11.1. The molecule has 0 spiro atoms. The molecule has 2 aliphatic heterocycles. The molecule has 0 saturated carbocycles. The molecule has 0 saturated heterocycles. The molecule has 117 valence electrons. The van der Waals surface area contributed by atoms with Crippen LogP contribution in [-0.2, 0) is 52.7 Å². The summed E-state index contributed by atoms with van der Waals surface area (Å²) in [6.07, 6.45) is 1.89. The topological polar surface area (TPSA) is 161 Å². The monoisotopic (exact) mass is 349 g/mol. The van der Waals surface area contributed by atoms with E-state index in [0.717, 1.165) is 12.2 Å². The van der Waals surface area contributed by atoms with E-state index >= 15 is 0 Å². The van der Waals surface area contributed by atoms with Crippen LogP contribution in [0.1, 0.15) is 0 Å². The third kappa shape index (κ3) is 6.79. The molecule has 2 heterocycles. The van der Waals surface area contributed by atoms with E-state index in [0.29, 0.717) is 0 Å². The zero-order valence-electron chi connectivity index (χ0n) is 11.1. The van der Waals surface area contributed by atoms with E-state index in [9.17, 15) is 29.4 Å². The molecule has 0 aromatic rings. The van der Waals surface area contributed by atoms with Gasteiger partial charge in [0.05, 0.1) is 11.5 Å². The third-order valence-corrected chi connectivity index (χ3v) is 2.20. The van der Waals surface area contributed by atoms with Gasteiger partial charge in [0.25, 0.3) is 0 Å². The molecule has 0 aliphatic carbocycles. The maximum atomic E-state index is 10.5. The van der Waals surface area contributed by atoms with Crippen LogP contribution in [0.2, 0.25) is 0 Å². The minimum absolute atomic E-state index is 0. The van der Waals surface area contributed by atoms with Gasteiger partial charge in [0.15, 0.2) is 13.2 Å². The molecule has 2 rings (SSSR count). The predicted octanol–water partition coefficient (Wildman–Crippen LogP) is -3.32. The number of carbonyl (C=O) groups excluding carboxylic acids is 4. The number of carbonyl (C=O) groups is 4. The molecule has 0 bridgehead atoms. The molecule has 9 nitrogen and oxygen atoms in total. The minimum Gasteiger partial charge on any atom is -2.00 e. The number of Topliss-reactive ketones (excluding diaryl/α,β-unsaturated/α-hetero) is 2. The summed E-state index contributed by atoms with van der Waals surface area (Å²) < 4.78 is 9.18. The molecule has 2 aliphatic rings. The number of hydrogen-bond donors (Lipinski definition) is 0. The molecular formula is C12H10O9V. The van der Waals surface area contributed by atoms with E-state index in [1.54, 1.807) is 0 Å². The summed E-state index contributed by atoms with van der Waals surface area (Å²) in [4.78, 5) is 41.9. The van der Waals surface area contributed by atoms with Gasteiger partial charge < -0.3 is 25.2 Å². The third-order valence-electron chi connectivity index (χ3n) is 2.20. The number of allylic oxidation sites excluding steroid dienone is 2. The quantitative estimate of drug-likeness (QED) is 0.468. The van der Waals surface area contributed by atoms with Crippen LogP contribution >= 0.6 is 0 Å². The van der Waals surface area contributed by atoms with Crippen molar-refractivity contribution in [2.75, 3.05) is 26.4 Å². The molecule has 0 aromatic carbocycles. The van der Waals surface area contributed by atoms with E-state index in [4.69, 9.17) is 0 Å². The van der Waals surface area contributed by atoms with Crippen LogP contribution in [0, 0.1) is 0 Å². The van der Waals surface area contributed by atoms with Gasteiger partial charge in [0.1, 0.15) is 0 Å². The van der Waals surface area contributed by atoms with Gasteiger partial charge in [-0.25, -0.2) is 0 Å². The van der Waals surface area contributed by atoms with Gasteiger partial charge in [0, 0.05) is 12.2 Å². The molecule has 0 unspecified atom stereocenters. The van der Waals surface area contributed by atoms with E-state index in [1.807, 2.05) is 0 Å². The first-order valence-corrected chi connectivity index (χ1v) is 5.45. The van der Waals surface area contributed by atoms with Crippen molar-refractivity contribution in [2.45, 2.75) is 0 Å². The average Bonchev–Trinajstić information content (AvgIpc) is 2.45. The second kappa shape index (κ2) is 10.9. The molecule has 10 heteroatoms. The molecule has 0 atom stereocenters. The predicted molar refractivity (Wildman–Crippen MR) is 58.5 cm³/mol. The molecule has 1 radical (unpaired) electrons. The summed E-state index contributed by atoms with van der Waals surface area (Å²) in [6.45, 7) is -1.74. The van der Waals surface area contributed by atoms with Crippen LogP contribution < -0.4 is 10.2 Å². The smallest absolute Gasteiger partial charge is 2.00 e. The number of ether oxygens (including phenoxy) is 2. The second-order valence-corrected chi connectivity index (χ2v) is 3.66. The zero-order chi connectivity index (χ0) is 15.1. The van der Waals surface area contributed by atoms with Crippen molar-refractivity contribution in [3.63, 3.8) is 0 Å². The van der Waals surface area contributed by atoms with Gasteiger partial charge in [-0.2, -0.15) is 0 Å². The van der Waals surface area contributed by atoms with Gasteiger partial charge in [-0.1, -0.05) is 13.2 Å². The van der Waals surface area contributed by atoms with E-state index in [-0.39, 0.29) is 48.8 Å². The molecule has 0 N–H and O–H groups in total. The summed E-state index contributed by atoms with van der Waals surface area (Å²) in [6, 6.07) is 0. The van der Waals surface area contributed by atoms with Crippen LogP contribution in [0.15, 0.2) is 23.7 Å². The first-order valence-electron chi connectivity index (χ1n) is 5.45. The van der Waals surface area contributed by atoms with Gasteiger partial charge in [0.2, 0.25) is 23.1 Å². The van der Waals surface area contributed by atoms with Crippen molar-refractivity contribution < 1.29 is 62.9 Å². The standard InChI is InChI=1S/2C6H5O4.O.V/c2*7-2-4-1-5(8)6(9)3-10-4;;/h2*1H,2-3H2;;/q2*-1;-2;+4. The summed E-state index contributed by atoms with van der Waals surface area (Å²) in [7, 11) is 0. The van der Waals surface area contributed by atoms with Crippen LogP contribution in [-0.4, -0.2) is 49.6 Å². The maximum absolute atomic E-state index is 10.5. The fraction of sp³-hybridized carbons (Fsp3) is 0.333. The Morgan fingerprint density at radius 2 is 1.14 bits per heavy atom. The minimum atomic E-state index is -0.642. The average molecular weight is 349 g/mol. The molecular weight excluding hydrogens is 339 g/mol. The van der Waals surface area contributed by atoms with Crippen molar-refractivity contribution in [3.05, 3.63) is 23.7 Å². The van der Waals surface area contributed by atoms with Crippen molar-refractivity contribution in [3.8, 4) is 0 Å². The van der Waals surface area contributed by atoms with Crippen molar-refractivity contribution in [1.82, 2.24) is 0 Å². The largest absolute Gasteiger partial charge is 4.00 e. The van der Waals surface area contributed by atoms with Crippen LogP contribution in [0.5, 0.6) is 0 Å². The van der Waals surface area contributed by atoms with Crippen molar-refractivity contribution in [2.24, 2.45) is 0 Å². The molecule has 0 aromatic heterocycles. The fourth-order valence-electron chi connectivity index (χ4n) is 1.16. The summed E-state index contributed by atoms with van der Waals surface area (Å²) >= 11 is 0. The Morgan fingerprint density at radius 1 is 0.818 bits per heavy atom. The number of ketones is 4. The number of hydrogen-bond acceptors (Lipinski definition) is 8. The van der Waals surface area contributed by atoms with E-state index < -0.39 is 36.3 Å². The van der Waals surface area contributed by atoms with Gasteiger partial charge >= 0.3 is 18.6 Å². The Balaban J connectivity index is 0. The Hall–Kier alpha value is -1.78.